The van der Waals surface area contributed by atoms with E-state index in [1.54, 1.807) is 41.4 Å². The molecule has 17 heteroatoms. The van der Waals surface area contributed by atoms with E-state index < -0.39 is 5.92 Å². The predicted molar refractivity (Wildman–Crippen MR) is 243 cm³/mol. The van der Waals surface area contributed by atoms with Gasteiger partial charge in [0.15, 0.2) is 0 Å². The summed E-state index contributed by atoms with van der Waals surface area (Å²) in [4.78, 5) is 70.2. The van der Waals surface area contributed by atoms with Crippen molar-refractivity contribution >= 4 is 52.0 Å². The van der Waals surface area contributed by atoms with Crippen LogP contribution in [0.25, 0.3) is 27.7 Å². The molecule has 1 unspecified atom stereocenters. The van der Waals surface area contributed by atoms with Crippen LogP contribution in [0.3, 0.4) is 0 Å². The first-order valence-electron chi connectivity index (χ1n) is 21.7. The zero-order valence-corrected chi connectivity index (χ0v) is 36.2. The second-order valence-electron chi connectivity index (χ2n) is 16.8. The highest BCUT2D eigenvalue weighted by atomic mass is 16.2. The summed E-state index contributed by atoms with van der Waals surface area (Å²) in [6, 6.07) is 18.8. The number of carbonyl (C=O) groups excluding carboxylic acids is 3. The Labute approximate surface area is 365 Å². The molecule has 3 fully saturated rings. The van der Waals surface area contributed by atoms with Gasteiger partial charge >= 0.3 is 5.69 Å². The van der Waals surface area contributed by atoms with Crippen molar-refractivity contribution in [2.24, 2.45) is 14.1 Å². The first-order chi connectivity index (χ1) is 30.6. The number of carbonyl (C=O) groups is 3. The van der Waals surface area contributed by atoms with E-state index in [0.29, 0.717) is 37.8 Å². The standard InChI is InChI=1S/C46H53N13O4/c1-31-36(13-17-48-44(31)58(30-60)21-20-52(2)35-6-5-16-47-28-35)37-9-8-34(59-29-49-54(4)46(59)63)27-41(37)57-24-22-56(23-25-57)32-14-18-55(19-15-32)33-7-10-38-40(26-33)53(3)51-43(38)39-11-12-42(61)50-45(39)62/h5-10,13,16-17,26-30,32,39H,11-12,14-15,18-25H2,1-4H3,(H,50,61,62). The van der Waals surface area contributed by atoms with Crippen molar-refractivity contribution in [1.29, 1.82) is 0 Å². The SMILES string of the molecule is Cc1c(-c2ccc(-n3cnn(C)c3=O)cc2N2CCN(C3CCN(c4ccc5c(C6CCC(=O)NC6=O)nn(C)c5c4)CC3)CC2)ccnc1N(C=O)CCN(C)c1cccnc1. The number of amides is 3. The van der Waals surface area contributed by atoms with Crippen LogP contribution in [0.15, 0.2) is 84.3 Å². The Morgan fingerprint density at radius 3 is 2.35 bits per heavy atom. The number of nitrogens with one attached hydrogen (secondary N) is 1. The predicted octanol–water partition coefficient (Wildman–Crippen LogP) is 3.63. The minimum atomic E-state index is -0.427. The van der Waals surface area contributed by atoms with Crippen molar-refractivity contribution in [1.82, 2.24) is 44.3 Å². The molecule has 4 aromatic heterocycles. The molecule has 0 saturated carbocycles. The van der Waals surface area contributed by atoms with Gasteiger partial charge in [0.05, 0.1) is 34.7 Å². The Balaban J connectivity index is 0.901. The third kappa shape index (κ3) is 8.15. The Morgan fingerprint density at radius 1 is 0.841 bits per heavy atom. The molecular weight excluding hydrogens is 799 g/mol. The average Bonchev–Trinajstić information content (AvgIpc) is 3.83. The molecule has 0 aliphatic carbocycles. The molecule has 2 aromatic carbocycles. The number of hydrogen-bond acceptors (Lipinski definition) is 12. The average molecular weight is 852 g/mol. The van der Waals surface area contributed by atoms with Gasteiger partial charge < -0.3 is 14.7 Å². The van der Waals surface area contributed by atoms with Gasteiger partial charge in [0.25, 0.3) is 0 Å². The van der Waals surface area contributed by atoms with Crippen molar-refractivity contribution in [3.05, 3.63) is 101 Å². The van der Waals surface area contributed by atoms with E-state index in [9.17, 15) is 19.2 Å². The Kier molecular flexibility index (Phi) is 11.5. The maximum atomic E-state index is 13.1. The van der Waals surface area contributed by atoms with Crippen molar-refractivity contribution in [2.75, 3.05) is 79.0 Å². The molecule has 0 bridgehead atoms. The molecule has 3 aliphatic heterocycles. The normalized spacial score (nSPS) is 17.6. The fourth-order valence-electron chi connectivity index (χ4n) is 9.50. The zero-order valence-electron chi connectivity index (χ0n) is 36.2. The molecule has 17 nitrogen and oxygen atoms in total. The van der Waals surface area contributed by atoms with E-state index in [2.05, 4.69) is 65.3 Å². The molecule has 1 N–H and O–H groups in total. The van der Waals surface area contributed by atoms with E-state index in [0.717, 1.165) is 115 Å². The Morgan fingerprint density at radius 2 is 1.63 bits per heavy atom. The molecule has 63 heavy (non-hydrogen) atoms. The molecule has 3 saturated heterocycles. The Bertz CT molecular complexity index is 2710. The number of likely N-dealkylation sites (N-methyl/N-ethyl adjacent to an activating group) is 1. The number of fused-ring (bicyclic) bond motifs is 1. The van der Waals surface area contributed by atoms with Crippen molar-refractivity contribution in [3.8, 4) is 16.8 Å². The van der Waals surface area contributed by atoms with Crippen LogP contribution in [0.4, 0.5) is 22.9 Å². The van der Waals surface area contributed by atoms with Gasteiger partial charge in [0, 0.05) is 121 Å². The molecule has 1 atom stereocenters. The van der Waals surface area contributed by atoms with Crippen LogP contribution in [0.1, 0.15) is 42.9 Å². The lowest BCUT2D eigenvalue weighted by atomic mass is 9.92. The van der Waals surface area contributed by atoms with Gasteiger partial charge in [-0.25, -0.2) is 19.0 Å². The first-order valence-corrected chi connectivity index (χ1v) is 21.7. The van der Waals surface area contributed by atoms with E-state index in [1.165, 1.54) is 4.68 Å². The van der Waals surface area contributed by atoms with Gasteiger partial charge in [-0.1, -0.05) is 6.07 Å². The highest BCUT2D eigenvalue weighted by Crippen LogP contribution is 2.38. The molecule has 0 radical (unpaired) electrons. The molecular formula is C46H53N13O4. The lowest BCUT2D eigenvalue weighted by Crippen LogP contribution is -2.53. The minimum absolute atomic E-state index is 0.220. The van der Waals surface area contributed by atoms with Crippen molar-refractivity contribution < 1.29 is 14.4 Å². The smallest absolute Gasteiger partial charge is 0.350 e. The lowest BCUT2D eigenvalue weighted by Gasteiger charge is -2.44. The van der Waals surface area contributed by atoms with Gasteiger partial charge in [-0.3, -0.25) is 39.2 Å². The first kappa shape index (κ1) is 41.5. The number of anilines is 4. The van der Waals surface area contributed by atoms with Gasteiger partial charge in [0.2, 0.25) is 18.2 Å². The second kappa shape index (κ2) is 17.5. The minimum Gasteiger partial charge on any atom is -0.372 e. The van der Waals surface area contributed by atoms with Crippen LogP contribution in [-0.4, -0.2) is 123 Å². The number of nitrogens with zero attached hydrogens (tertiary/aromatic N) is 12. The highest BCUT2D eigenvalue weighted by Gasteiger charge is 2.33. The molecule has 0 spiro atoms. The molecule has 326 valence electrons. The molecule has 3 aliphatic rings. The fraction of sp³-hybridized carbons (Fsp3) is 0.391. The molecule has 3 amide bonds. The third-order valence-corrected chi connectivity index (χ3v) is 13.1. The highest BCUT2D eigenvalue weighted by molar-refractivity contribution is 6.02. The van der Waals surface area contributed by atoms with Crippen LogP contribution in [0, 0.1) is 6.92 Å². The van der Waals surface area contributed by atoms with Crippen LogP contribution in [0.5, 0.6) is 0 Å². The quantitative estimate of drug-likeness (QED) is 0.141. The molecule has 6 aromatic rings. The summed E-state index contributed by atoms with van der Waals surface area (Å²) in [7, 11) is 5.54. The van der Waals surface area contributed by atoms with Crippen LogP contribution in [0.2, 0.25) is 0 Å². The van der Waals surface area contributed by atoms with Crippen LogP contribution < -0.4 is 30.6 Å². The topological polar surface area (TPSA) is 163 Å². The number of piperazine rings is 1. The fourth-order valence-corrected chi connectivity index (χ4v) is 9.50. The number of benzene rings is 2. The number of imide groups is 1. The summed E-state index contributed by atoms with van der Waals surface area (Å²) >= 11 is 0. The van der Waals surface area contributed by atoms with E-state index >= 15 is 0 Å². The van der Waals surface area contributed by atoms with Gasteiger partial charge in [-0.05, 0) is 85.8 Å². The van der Waals surface area contributed by atoms with Gasteiger partial charge in [0.1, 0.15) is 12.1 Å². The number of pyridine rings is 2. The second-order valence-corrected chi connectivity index (χ2v) is 16.8. The van der Waals surface area contributed by atoms with Crippen LogP contribution in [-0.2, 0) is 28.5 Å². The zero-order chi connectivity index (χ0) is 43.8. The largest absolute Gasteiger partial charge is 0.372 e. The van der Waals surface area contributed by atoms with E-state index in [-0.39, 0.29) is 17.5 Å². The summed E-state index contributed by atoms with van der Waals surface area (Å²) in [6.07, 6.45) is 10.6. The van der Waals surface area contributed by atoms with Crippen molar-refractivity contribution in [3.63, 3.8) is 0 Å². The summed E-state index contributed by atoms with van der Waals surface area (Å²) in [6.45, 7) is 8.32. The van der Waals surface area contributed by atoms with Crippen LogP contribution >= 0.6 is 0 Å². The number of aryl methyl sites for hydroxylation is 2. The number of aromatic nitrogens is 7. The molecule has 9 rings (SSSR count). The Hall–Kier alpha value is -6.88. The summed E-state index contributed by atoms with van der Waals surface area (Å²) in [5.41, 5.74) is 8.22. The maximum absolute atomic E-state index is 13.1. The van der Waals surface area contributed by atoms with E-state index in [1.807, 2.05) is 50.0 Å². The van der Waals surface area contributed by atoms with E-state index in [4.69, 9.17) is 10.1 Å². The monoisotopic (exact) mass is 851 g/mol. The maximum Gasteiger partial charge on any atom is 0.350 e. The summed E-state index contributed by atoms with van der Waals surface area (Å²) < 4.78 is 4.74. The third-order valence-electron chi connectivity index (χ3n) is 13.1. The number of piperidine rings is 2. The number of hydrogen-bond donors (Lipinski definition) is 1. The van der Waals surface area contributed by atoms with Gasteiger partial charge in [-0.15, -0.1) is 0 Å². The van der Waals surface area contributed by atoms with Gasteiger partial charge in [-0.2, -0.15) is 10.2 Å². The number of rotatable bonds is 12. The van der Waals surface area contributed by atoms with Crippen molar-refractivity contribution in [2.45, 2.75) is 44.6 Å². The summed E-state index contributed by atoms with van der Waals surface area (Å²) in [5.74, 6) is -0.319. The lowest BCUT2D eigenvalue weighted by molar-refractivity contribution is -0.134. The summed E-state index contributed by atoms with van der Waals surface area (Å²) in [5, 5.41) is 12.4. The molecule has 7 heterocycles.